The summed E-state index contributed by atoms with van der Waals surface area (Å²) in [6.45, 7) is 15.2. The van der Waals surface area contributed by atoms with Crippen molar-refractivity contribution >= 4 is 0 Å². The largest absolute Gasteiger partial charge is 0.365 e. The first-order valence-electron chi connectivity index (χ1n) is 6.94. The van der Waals surface area contributed by atoms with Crippen LogP contribution < -0.4 is 5.32 Å². The highest BCUT2D eigenvalue weighted by molar-refractivity contribution is 4.96. The molecule has 1 fully saturated rings. The zero-order chi connectivity index (χ0) is 14.0. The van der Waals surface area contributed by atoms with Crippen molar-refractivity contribution in [2.75, 3.05) is 6.54 Å². The Bertz CT molecular complexity index is 286. The van der Waals surface area contributed by atoms with Gasteiger partial charge in [-0.1, -0.05) is 19.9 Å². The van der Waals surface area contributed by atoms with E-state index in [1.54, 1.807) is 13.0 Å². The molecule has 0 aromatic carbocycles. The fourth-order valence-electron chi connectivity index (χ4n) is 2.68. The molecule has 106 valence electrons. The number of hydrogen-bond acceptors (Lipinski definition) is 3. The summed E-state index contributed by atoms with van der Waals surface area (Å²) in [5.41, 5.74) is 0.251. The Kier molecular flexibility index (Phi) is 4.98. The maximum Gasteiger partial charge on any atom is 0.170 e. The van der Waals surface area contributed by atoms with Gasteiger partial charge in [-0.25, -0.2) is 0 Å². The molecule has 4 atom stereocenters. The molecule has 0 spiro atoms. The summed E-state index contributed by atoms with van der Waals surface area (Å²) in [5.74, 6) is -1.27. The van der Waals surface area contributed by atoms with E-state index < -0.39 is 5.79 Å². The third-order valence-corrected chi connectivity index (χ3v) is 3.98. The van der Waals surface area contributed by atoms with E-state index in [1.165, 1.54) is 0 Å². The molecule has 18 heavy (non-hydrogen) atoms. The van der Waals surface area contributed by atoms with Gasteiger partial charge in [0.1, 0.15) is 0 Å². The fraction of sp³-hybridized carbons (Fsp3) is 0.867. The van der Waals surface area contributed by atoms with Gasteiger partial charge in [-0.15, -0.1) is 6.58 Å². The van der Waals surface area contributed by atoms with Crippen LogP contribution in [0.25, 0.3) is 0 Å². The van der Waals surface area contributed by atoms with Crippen LogP contribution in [0.1, 0.15) is 47.5 Å². The highest BCUT2D eigenvalue weighted by Crippen LogP contribution is 2.31. The second-order valence-electron chi connectivity index (χ2n) is 6.62. The monoisotopic (exact) mass is 255 g/mol. The molecule has 1 aliphatic heterocycles. The zero-order valence-corrected chi connectivity index (χ0v) is 12.5. The first-order valence-corrected chi connectivity index (χ1v) is 6.94. The van der Waals surface area contributed by atoms with Crippen LogP contribution in [0.15, 0.2) is 12.7 Å². The van der Waals surface area contributed by atoms with Crippen molar-refractivity contribution in [2.24, 2.45) is 11.3 Å². The predicted octanol–water partition coefficient (Wildman–Crippen LogP) is 2.70. The molecule has 0 aliphatic carbocycles. The van der Waals surface area contributed by atoms with E-state index >= 15 is 0 Å². The van der Waals surface area contributed by atoms with Gasteiger partial charge < -0.3 is 15.2 Å². The quantitative estimate of drug-likeness (QED) is 0.708. The van der Waals surface area contributed by atoms with Gasteiger partial charge in [0.25, 0.3) is 0 Å². The molecule has 0 saturated carbocycles. The standard InChI is InChI=1S/C15H29NO2/c1-7-13-12(3)16-10-14(4,5)9-8-11(2)18-15(13,6)17/h7,11-13,16-17H,1,8-10H2,2-6H3/t11-,12+,13-,15-/m1/s1. The number of nitrogens with one attached hydrogen (secondary N) is 1. The Morgan fingerprint density at radius 3 is 2.50 bits per heavy atom. The lowest BCUT2D eigenvalue weighted by atomic mass is 9.84. The minimum Gasteiger partial charge on any atom is -0.365 e. The van der Waals surface area contributed by atoms with Crippen LogP contribution in [0.4, 0.5) is 0 Å². The molecule has 0 aromatic rings. The Morgan fingerprint density at radius 1 is 1.33 bits per heavy atom. The molecule has 1 rings (SSSR count). The molecule has 3 heteroatoms. The summed E-state index contributed by atoms with van der Waals surface area (Å²) >= 11 is 0. The van der Waals surface area contributed by atoms with E-state index in [9.17, 15) is 5.11 Å². The lowest BCUT2D eigenvalue weighted by Gasteiger charge is -2.40. The summed E-state index contributed by atoms with van der Waals surface area (Å²) < 4.78 is 5.83. The molecule has 1 saturated heterocycles. The number of ether oxygens (including phenoxy) is 1. The van der Waals surface area contributed by atoms with Crippen LogP contribution >= 0.6 is 0 Å². The van der Waals surface area contributed by atoms with Crippen molar-refractivity contribution in [3.05, 3.63) is 12.7 Å². The molecule has 0 amide bonds. The Balaban J connectivity index is 2.89. The second kappa shape index (κ2) is 5.72. The summed E-state index contributed by atoms with van der Waals surface area (Å²) in [4.78, 5) is 0. The minimum absolute atomic E-state index is 0.0621. The van der Waals surface area contributed by atoms with Gasteiger partial charge in [0.05, 0.1) is 6.10 Å². The SMILES string of the molecule is C=C[C@@H]1[C@H](C)NCC(C)(C)CC[C@@H](C)O[C@@]1(C)O. The summed E-state index contributed by atoms with van der Waals surface area (Å²) in [6.07, 6.45) is 3.90. The molecule has 1 aliphatic rings. The van der Waals surface area contributed by atoms with Gasteiger partial charge >= 0.3 is 0 Å². The first kappa shape index (κ1) is 15.7. The summed E-state index contributed by atoms with van der Waals surface area (Å²) in [7, 11) is 0. The van der Waals surface area contributed by atoms with Crippen LogP contribution in [-0.4, -0.2) is 29.6 Å². The van der Waals surface area contributed by atoms with Gasteiger partial charge in [-0.3, -0.25) is 0 Å². The Morgan fingerprint density at radius 2 is 1.94 bits per heavy atom. The normalized spacial score (nSPS) is 42.2. The van der Waals surface area contributed by atoms with Crippen molar-refractivity contribution in [1.29, 1.82) is 0 Å². The third-order valence-electron chi connectivity index (χ3n) is 3.98. The van der Waals surface area contributed by atoms with Crippen LogP contribution in [0, 0.1) is 11.3 Å². The predicted molar refractivity (Wildman–Crippen MR) is 75.3 cm³/mol. The Hall–Kier alpha value is -0.380. The average Bonchev–Trinajstić information content (AvgIpc) is 2.23. The maximum absolute atomic E-state index is 10.5. The summed E-state index contributed by atoms with van der Waals surface area (Å²) in [6, 6.07) is 0.141. The zero-order valence-electron chi connectivity index (χ0n) is 12.5. The molecular weight excluding hydrogens is 226 g/mol. The first-order chi connectivity index (χ1) is 8.18. The molecule has 1 heterocycles. The molecule has 0 bridgehead atoms. The van der Waals surface area contributed by atoms with E-state index in [2.05, 4.69) is 32.7 Å². The van der Waals surface area contributed by atoms with Crippen molar-refractivity contribution < 1.29 is 9.84 Å². The van der Waals surface area contributed by atoms with Crippen LogP contribution in [0.2, 0.25) is 0 Å². The van der Waals surface area contributed by atoms with Gasteiger partial charge in [-0.2, -0.15) is 0 Å². The lowest BCUT2D eigenvalue weighted by Crippen LogP contribution is -2.51. The van der Waals surface area contributed by atoms with E-state index in [0.29, 0.717) is 0 Å². The van der Waals surface area contributed by atoms with Crippen molar-refractivity contribution in [1.82, 2.24) is 5.32 Å². The van der Waals surface area contributed by atoms with Crippen molar-refractivity contribution in [2.45, 2.75) is 65.4 Å². The van der Waals surface area contributed by atoms with Gasteiger partial charge in [0, 0.05) is 18.5 Å². The molecule has 0 unspecified atom stereocenters. The molecule has 0 aromatic heterocycles. The molecule has 3 nitrogen and oxygen atoms in total. The molecule has 0 radical (unpaired) electrons. The summed E-state index contributed by atoms with van der Waals surface area (Å²) in [5, 5.41) is 14.0. The topological polar surface area (TPSA) is 41.5 Å². The van der Waals surface area contributed by atoms with Crippen LogP contribution in [-0.2, 0) is 4.74 Å². The van der Waals surface area contributed by atoms with Crippen LogP contribution in [0.5, 0.6) is 0 Å². The highest BCUT2D eigenvalue weighted by Gasteiger charge is 2.37. The third kappa shape index (κ3) is 4.08. The second-order valence-corrected chi connectivity index (χ2v) is 6.62. The van der Waals surface area contributed by atoms with E-state index in [1.807, 2.05) is 6.92 Å². The van der Waals surface area contributed by atoms with Gasteiger partial charge in [0.15, 0.2) is 5.79 Å². The van der Waals surface area contributed by atoms with Crippen LogP contribution in [0.3, 0.4) is 0 Å². The van der Waals surface area contributed by atoms with Crippen molar-refractivity contribution in [3.8, 4) is 0 Å². The average molecular weight is 255 g/mol. The maximum atomic E-state index is 10.5. The van der Waals surface area contributed by atoms with Crippen molar-refractivity contribution in [3.63, 3.8) is 0 Å². The smallest absolute Gasteiger partial charge is 0.170 e. The lowest BCUT2D eigenvalue weighted by molar-refractivity contribution is -0.243. The Labute approximate surface area is 112 Å². The molecule has 2 N–H and O–H groups in total. The van der Waals surface area contributed by atoms with E-state index in [-0.39, 0.29) is 23.5 Å². The highest BCUT2D eigenvalue weighted by atomic mass is 16.6. The van der Waals surface area contributed by atoms with Gasteiger partial charge in [0.2, 0.25) is 0 Å². The number of hydrogen-bond donors (Lipinski definition) is 2. The molecular formula is C15H29NO2. The fourth-order valence-corrected chi connectivity index (χ4v) is 2.68. The number of aliphatic hydroxyl groups is 1. The van der Waals surface area contributed by atoms with Gasteiger partial charge in [-0.05, 0) is 39.0 Å². The minimum atomic E-state index is -1.16. The van der Waals surface area contributed by atoms with E-state index in [0.717, 1.165) is 19.4 Å². The van der Waals surface area contributed by atoms with E-state index in [4.69, 9.17) is 4.74 Å². The number of rotatable bonds is 1.